The summed E-state index contributed by atoms with van der Waals surface area (Å²) in [4.78, 5) is 13.5. The molecule has 0 aliphatic carbocycles. The SMILES string of the molecule is Cc1c(C(=O)O)cnn1C1CCN(c2nnc(C3CCOCC3)s2)CC1. The zero-order valence-electron chi connectivity index (χ0n) is 14.8. The van der Waals surface area contributed by atoms with Crippen molar-refractivity contribution in [1.29, 1.82) is 0 Å². The maximum atomic E-state index is 11.2. The second-order valence-electron chi connectivity index (χ2n) is 6.92. The fourth-order valence-corrected chi connectivity index (χ4v) is 4.83. The maximum Gasteiger partial charge on any atom is 0.339 e. The monoisotopic (exact) mass is 377 g/mol. The van der Waals surface area contributed by atoms with Gasteiger partial charge in [-0.25, -0.2) is 4.79 Å². The van der Waals surface area contributed by atoms with Gasteiger partial charge in [0.1, 0.15) is 10.6 Å². The standard InChI is InChI=1S/C17H23N5O3S/c1-11-14(16(23)24)10-18-22(11)13-2-6-21(7-3-13)17-20-19-15(26-17)12-4-8-25-9-5-12/h10,12-13H,2-9H2,1H3,(H,23,24). The van der Waals surface area contributed by atoms with E-state index in [0.717, 1.165) is 67.8 Å². The Balaban J connectivity index is 1.39. The largest absolute Gasteiger partial charge is 0.478 e. The smallest absolute Gasteiger partial charge is 0.339 e. The molecule has 0 spiro atoms. The molecule has 2 aliphatic heterocycles. The first-order valence-corrected chi connectivity index (χ1v) is 9.88. The number of carboxylic acids is 1. The van der Waals surface area contributed by atoms with E-state index < -0.39 is 5.97 Å². The molecule has 26 heavy (non-hydrogen) atoms. The maximum absolute atomic E-state index is 11.2. The third kappa shape index (κ3) is 3.33. The number of aromatic carboxylic acids is 1. The van der Waals surface area contributed by atoms with Gasteiger partial charge in [0.15, 0.2) is 0 Å². The van der Waals surface area contributed by atoms with Crippen LogP contribution in [0.15, 0.2) is 6.20 Å². The Bertz CT molecular complexity index is 775. The van der Waals surface area contributed by atoms with Crippen molar-refractivity contribution < 1.29 is 14.6 Å². The van der Waals surface area contributed by atoms with E-state index in [1.807, 2.05) is 11.6 Å². The first kappa shape index (κ1) is 17.4. The predicted octanol–water partition coefficient (Wildman–Crippen LogP) is 2.48. The lowest BCUT2D eigenvalue weighted by Gasteiger charge is -2.32. The van der Waals surface area contributed by atoms with E-state index in [1.165, 1.54) is 6.20 Å². The zero-order valence-corrected chi connectivity index (χ0v) is 15.6. The molecule has 9 heteroatoms. The molecule has 8 nitrogen and oxygen atoms in total. The number of nitrogens with zero attached hydrogens (tertiary/aromatic N) is 5. The van der Waals surface area contributed by atoms with Crippen molar-refractivity contribution in [2.24, 2.45) is 0 Å². The molecule has 0 atom stereocenters. The summed E-state index contributed by atoms with van der Waals surface area (Å²) in [6.45, 7) is 5.22. The molecule has 140 valence electrons. The molecule has 0 aromatic carbocycles. The zero-order chi connectivity index (χ0) is 18.1. The summed E-state index contributed by atoms with van der Waals surface area (Å²) < 4.78 is 7.29. The van der Waals surface area contributed by atoms with Crippen molar-refractivity contribution in [1.82, 2.24) is 20.0 Å². The molecular weight excluding hydrogens is 354 g/mol. The summed E-state index contributed by atoms with van der Waals surface area (Å²) in [6.07, 6.45) is 5.36. The molecular formula is C17H23N5O3S. The molecule has 4 rings (SSSR count). The van der Waals surface area contributed by atoms with Crippen LogP contribution >= 0.6 is 11.3 Å². The van der Waals surface area contributed by atoms with Gasteiger partial charge in [-0.3, -0.25) is 4.68 Å². The van der Waals surface area contributed by atoms with Crippen LogP contribution < -0.4 is 4.90 Å². The molecule has 0 amide bonds. The van der Waals surface area contributed by atoms with Crippen LogP contribution in [-0.4, -0.2) is 57.4 Å². The highest BCUT2D eigenvalue weighted by atomic mass is 32.1. The highest BCUT2D eigenvalue weighted by molar-refractivity contribution is 7.15. The minimum atomic E-state index is -0.916. The highest BCUT2D eigenvalue weighted by Gasteiger charge is 2.27. The molecule has 0 unspecified atom stereocenters. The van der Waals surface area contributed by atoms with Crippen molar-refractivity contribution in [2.75, 3.05) is 31.2 Å². The van der Waals surface area contributed by atoms with Crippen LogP contribution in [0.3, 0.4) is 0 Å². The van der Waals surface area contributed by atoms with Gasteiger partial charge >= 0.3 is 5.97 Å². The molecule has 2 aliphatic rings. The molecule has 2 fully saturated rings. The number of hydrogen-bond acceptors (Lipinski definition) is 7. The van der Waals surface area contributed by atoms with Gasteiger partial charge in [0.25, 0.3) is 0 Å². The summed E-state index contributed by atoms with van der Waals surface area (Å²) in [7, 11) is 0. The Hall–Kier alpha value is -2.00. The van der Waals surface area contributed by atoms with Crippen LogP contribution in [0.5, 0.6) is 0 Å². The van der Waals surface area contributed by atoms with Crippen molar-refractivity contribution in [3.8, 4) is 0 Å². The summed E-state index contributed by atoms with van der Waals surface area (Å²) in [5.41, 5.74) is 1.02. The lowest BCUT2D eigenvalue weighted by molar-refractivity contribution is 0.0695. The quantitative estimate of drug-likeness (QED) is 0.875. The van der Waals surface area contributed by atoms with E-state index >= 15 is 0 Å². The third-order valence-corrected chi connectivity index (χ3v) is 6.50. The normalized spacial score (nSPS) is 19.8. The first-order chi connectivity index (χ1) is 12.6. The Kier molecular flexibility index (Phi) is 4.90. The minimum Gasteiger partial charge on any atom is -0.478 e. The number of hydrogen-bond donors (Lipinski definition) is 1. The molecule has 0 radical (unpaired) electrons. The summed E-state index contributed by atoms with van der Waals surface area (Å²) >= 11 is 1.70. The van der Waals surface area contributed by atoms with Gasteiger partial charge in [-0.1, -0.05) is 11.3 Å². The van der Waals surface area contributed by atoms with Gasteiger partial charge in [-0.15, -0.1) is 10.2 Å². The van der Waals surface area contributed by atoms with Crippen molar-refractivity contribution >= 4 is 22.4 Å². The third-order valence-electron chi connectivity index (χ3n) is 5.36. The molecule has 0 bridgehead atoms. The van der Waals surface area contributed by atoms with Crippen LogP contribution in [0.1, 0.15) is 58.7 Å². The van der Waals surface area contributed by atoms with E-state index in [2.05, 4.69) is 20.2 Å². The van der Waals surface area contributed by atoms with Gasteiger partial charge in [0.05, 0.1) is 17.9 Å². The predicted molar refractivity (Wildman–Crippen MR) is 97.1 cm³/mol. The molecule has 2 aromatic rings. The van der Waals surface area contributed by atoms with Gasteiger partial charge in [0.2, 0.25) is 5.13 Å². The Morgan fingerprint density at radius 2 is 1.96 bits per heavy atom. The van der Waals surface area contributed by atoms with Gasteiger partial charge in [-0.05, 0) is 32.6 Å². The second kappa shape index (κ2) is 7.32. The van der Waals surface area contributed by atoms with Gasteiger partial charge in [-0.2, -0.15) is 5.10 Å². The number of rotatable bonds is 4. The number of carboxylic acid groups (broad SMARTS) is 1. The van der Waals surface area contributed by atoms with Crippen LogP contribution in [0.25, 0.3) is 0 Å². The average Bonchev–Trinajstić information content (AvgIpc) is 3.30. The van der Waals surface area contributed by atoms with Crippen molar-refractivity contribution in [2.45, 2.75) is 44.6 Å². The Morgan fingerprint density at radius 3 is 2.62 bits per heavy atom. The lowest BCUT2D eigenvalue weighted by atomic mass is 10.0. The highest BCUT2D eigenvalue weighted by Crippen LogP contribution is 2.34. The van der Waals surface area contributed by atoms with Crippen molar-refractivity contribution in [3.05, 3.63) is 22.5 Å². The van der Waals surface area contributed by atoms with Gasteiger partial charge < -0.3 is 14.7 Å². The molecule has 4 heterocycles. The van der Waals surface area contributed by atoms with Crippen LogP contribution in [0.4, 0.5) is 5.13 Å². The lowest BCUT2D eigenvalue weighted by Crippen LogP contribution is -2.35. The van der Waals surface area contributed by atoms with E-state index in [0.29, 0.717) is 5.92 Å². The molecule has 2 saturated heterocycles. The summed E-state index contributed by atoms with van der Waals surface area (Å²) in [6, 6.07) is 0.238. The van der Waals surface area contributed by atoms with Crippen LogP contribution in [0, 0.1) is 6.92 Å². The van der Waals surface area contributed by atoms with E-state index in [4.69, 9.17) is 4.74 Å². The number of anilines is 1. The molecule has 0 saturated carbocycles. The second-order valence-corrected chi connectivity index (χ2v) is 7.91. The van der Waals surface area contributed by atoms with Crippen LogP contribution in [-0.2, 0) is 4.74 Å². The van der Waals surface area contributed by atoms with E-state index in [1.54, 1.807) is 11.3 Å². The number of aromatic nitrogens is 4. The van der Waals surface area contributed by atoms with E-state index in [-0.39, 0.29) is 11.6 Å². The number of piperidine rings is 1. The Morgan fingerprint density at radius 1 is 1.23 bits per heavy atom. The van der Waals surface area contributed by atoms with Crippen molar-refractivity contribution in [3.63, 3.8) is 0 Å². The van der Waals surface area contributed by atoms with Gasteiger partial charge in [0, 0.05) is 32.2 Å². The first-order valence-electron chi connectivity index (χ1n) is 9.07. The summed E-state index contributed by atoms with van der Waals surface area (Å²) in [5, 5.41) is 24.4. The summed E-state index contributed by atoms with van der Waals surface area (Å²) in [5.74, 6) is -0.436. The molecule has 2 aromatic heterocycles. The fraction of sp³-hybridized carbons (Fsp3) is 0.647. The average molecular weight is 377 g/mol. The topological polar surface area (TPSA) is 93.4 Å². The number of ether oxygens (including phenoxy) is 1. The Labute approximate surface area is 155 Å². The minimum absolute atomic E-state index is 0.238. The van der Waals surface area contributed by atoms with E-state index in [9.17, 15) is 9.90 Å². The molecule has 1 N–H and O–H groups in total. The van der Waals surface area contributed by atoms with Crippen LogP contribution in [0.2, 0.25) is 0 Å². The fourth-order valence-electron chi connectivity index (χ4n) is 3.77. The number of carbonyl (C=O) groups is 1.